The van der Waals surface area contributed by atoms with E-state index in [9.17, 15) is 21.6 Å². The average molecular weight is 275 g/mol. The van der Waals surface area contributed by atoms with Crippen LogP contribution in [0, 0.1) is 0 Å². The van der Waals surface area contributed by atoms with Crippen LogP contribution in [0.4, 0.5) is 13.2 Å². The predicted molar refractivity (Wildman–Crippen MR) is 56.5 cm³/mol. The van der Waals surface area contributed by atoms with Crippen LogP contribution in [0.2, 0.25) is 0 Å². The summed E-state index contributed by atoms with van der Waals surface area (Å²) in [5.74, 6) is -0.290. The number of halogens is 3. The van der Waals surface area contributed by atoms with E-state index in [1.54, 1.807) is 6.92 Å². The third-order valence-corrected chi connectivity index (χ3v) is 4.97. The Bertz CT molecular complexity index is 342. The molecule has 0 spiro atoms. The van der Waals surface area contributed by atoms with Crippen LogP contribution in [-0.2, 0) is 14.6 Å². The summed E-state index contributed by atoms with van der Waals surface area (Å²) in [6.07, 6.45) is -4.27. The van der Waals surface area contributed by atoms with E-state index in [2.05, 4.69) is 5.32 Å². The summed E-state index contributed by atoms with van der Waals surface area (Å²) < 4.78 is 64.1. The molecule has 1 heterocycles. The highest BCUT2D eigenvalue weighted by atomic mass is 32.2. The molecule has 0 aromatic rings. The van der Waals surface area contributed by atoms with Crippen LogP contribution in [0.25, 0.3) is 0 Å². The summed E-state index contributed by atoms with van der Waals surface area (Å²) in [5, 5.41) is 1.49. The summed E-state index contributed by atoms with van der Waals surface area (Å²) in [6.45, 7) is 0.698. The van der Waals surface area contributed by atoms with Gasteiger partial charge in [0, 0.05) is 13.2 Å². The van der Waals surface area contributed by atoms with Crippen molar-refractivity contribution in [2.45, 2.75) is 30.9 Å². The Morgan fingerprint density at radius 1 is 1.41 bits per heavy atom. The molecule has 1 fully saturated rings. The SMILES string of the molecule is CC1OCCC1S(=O)(=O)CCNCC(F)(F)F. The fraction of sp³-hybridized carbons (Fsp3) is 1.00. The van der Waals surface area contributed by atoms with Gasteiger partial charge in [-0.3, -0.25) is 0 Å². The van der Waals surface area contributed by atoms with Crippen molar-refractivity contribution in [3.63, 3.8) is 0 Å². The Morgan fingerprint density at radius 2 is 2.06 bits per heavy atom. The van der Waals surface area contributed by atoms with Crippen LogP contribution in [-0.4, -0.2) is 51.4 Å². The molecule has 0 aliphatic carbocycles. The van der Waals surface area contributed by atoms with Crippen molar-refractivity contribution in [1.82, 2.24) is 5.32 Å². The molecule has 17 heavy (non-hydrogen) atoms. The second-order valence-corrected chi connectivity index (χ2v) is 6.40. The van der Waals surface area contributed by atoms with Crippen LogP contribution in [0.3, 0.4) is 0 Å². The van der Waals surface area contributed by atoms with Gasteiger partial charge in [-0.25, -0.2) is 8.42 Å². The molecule has 0 radical (unpaired) electrons. The minimum Gasteiger partial charge on any atom is -0.377 e. The van der Waals surface area contributed by atoms with Crippen molar-refractivity contribution in [2.75, 3.05) is 25.4 Å². The average Bonchev–Trinajstić information content (AvgIpc) is 2.58. The molecule has 1 saturated heterocycles. The zero-order chi connectivity index (χ0) is 13.1. The lowest BCUT2D eigenvalue weighted by molar-refractivity contribution is -0.124. The van der Waals surface area contributed by atoms with E-state index in [4.69, 9.17) is 4.74 Å². The normalized spacial score (nSPS) is 26.4. The van der Waals surface area contributed by atoms with Crippen molar-refractivity contribution < 1.29 is 26.3 Å². The maximum atomic E-state index is 11.8. The monoisotopic (exact) mass is 275 g/mol. The lowest BCUT2D eigenvalue weighted by Gasteiger charge is -2.15. The summed E-state index contributed by atoms with van der Waals surface area (Å²) in [5.41, 5.74) is 0. The van der Waals surface area contributed by atoms with Crippen LogP contribution in [0.1, 0.15) is 13.3 Å². The van der Waals surface area contributed by atoms with Gasteiger partial charge in [-0.1, -0.05) is 0 Å². The van der Waals surface area contributed by atoms with Gasteiger partial charge in [-0.2, -0.15) is 13.2 Å². The second-order valence-electron chi connectivity index (χ2n) is 4.06. The summed E-state index contributed by atoms with van der Waals surface area (Å²) in [6, 6.07) is 0. The third kappa shape index (κ3) is 4.81. The van der Waals surface area contributed by atoms with Gasteiger partial charge >= 0.3 is 6.18 Å². The standard InChI is InChI=1S/C9H16F3NO3S/c1-7-8(2-4-16-7)17(14,15)5-3-13-6-9(10,11)12/h7-8,13H,2-6H2,1H3. The van der Waals surface area contributed by atoms with Gasteiger partial charge in [-0.05, 0) is 13.3 Å². The van der Waals surface area contributed by atoms with Crippen molar-refractivity contribution in [2.24, 2.45) is 0 Å². The highest BCUT2D eigenvalue weighted by molar-refractivity contribution is 7.92. The van der Waals surface area contributed by atoms with Gasteiger partial charge in [0.25, 0.3) is 0 Å². The Balaban J connectivity index is 2.35. The highest BCUT2D eigenvalue weighted by Crippen LogP contribution is 2.21. The molecule has 0 aromatic carbocycles. The number of nitrogens with one attached hydrogen (secondary N) is 1. The number of hydrogen-bond acceptors (Lipinski definition) is 4. The van der Waals surface area contributed by atoms with Crippen molar-refractivity contribution in [3.8, 4) is 0 Å². The first-order chi connectivity index (χ1) is 7.72. The predicted octanol–water partition coefficient (Wildman–Crippen LogP) is 0.730. The largest absolute Gasteiger partial charge is 0.401 e. The molecule has 4 nitrogen and oxygen atoms in total. The van der Waals surface area contributed by atoms with Gasteiger partial charge in [0.1, 0.15) is 0 Å². The van der Waals surface area contributed by atoms with Crippen molar-refractivity contribution in [1.29, 1.82) is 0 Å². The smallest absolute Gasteiger partial charge is 0.377 e. The summed E-state index contributed by atoms with van der Waals surface area (Å²) in [4.78, 5) is 0. The van der Waals surface area contributed by atoms with Crippen LogP contribution in [0.15, 0.2) is 0 Å². The summed E-state index contributed by atoms with van der Waals surface area (Å²) >= 11 is 0. The summed E-state index contributed by atoms with van der Waals surface area (Å²) in [7, 11) is -3.38. The maximum Gasteiger partial charge on any atom is 0.401 e. The molecule has 1 aliphatic heterocycles. The van der Waals surface area contributed by atoms with E-state index in [1.165, 1.54) is 0 Å². The zero-order valence-corrected chi connectivity index (χ0v) is 10.3. The van der Waals surface area contributed by atoms with Gasteiger partial charge in [0.2, 0.25) is 0 Å². The number of rotatable bonds is 5. The van der Waals surface area contributed by atoms with Crippen molar-refractivity contribution >= 4 is 9.84 Å². The molecule has 0 saturated carbocycles. The van der Waals surface area contributed by atoms with E-state index in [0.717, 1.165) is 0 Å². The van der Waals surface area contributed by atoms with Crippen LogP contribution < -0.4 is 5.32 Å². The first-order valence-corrected chi connectivity index (χ1v) is 7.04. The van der Waals surface area contributed by atoms with E-state index in [0.29, 0.717) is 13.0 Å². The fourth-order valence-corrected chi connectivity index (χ4v) is 3.63. The minimum atomic E-state index is -4.31. The molecule has 0 aromatic heterocycles. The van der Waals surface area contributed by atoms with Crippen LogP contribution in [0.5, 0.6) is 0 Å². The van der Waals surface area contributed by atoms with Gasteiger partial charge in [0.05, 0.1) is 23.7 Å². The molecule has 1 rings (SSSR count). The zero-order valence-electron chi connectivity index (χ0n) is 9.46. The lowest BCUT2D eigenvalue weighted by Crippen LogP contribution is -2.36. The third-order valence-electron chi connectivity index (χ3n) is 2.66. The molecule has 1 N–H and O–H groups in total. The van der Waals surface area contributed by atoms with E-state index >= 15 is 0 Å². The molecule has 0 amide bonds. The van der Waals surface area contributed by atoms with Gasteiger partial charge in [0.15, 0.2) is 9.84 Å². The molecule has 102 valence electrons. The second kappa shape index (κ2) is 5.53. The van der Waals surface area contributed by atoms with Crippen molar-refractivity contribution in [3.05, 3.63) is 0 Å². The molecule has 0 bridgehead atoms. The molecule has 1 aliphatic rings. The first-order valence-electron chi connectivity index (χ1n) is 5.33. The molecule has 2 atom stereocenters. The Kier molecular flexibility index (Phi) is 4.79. The lowest BCUT2D eigenvalue weighted by atomic mass is 10.3. The topological polar surface area (TPSA) is 55.4 Å². The van der Waals surface area contributed by atoms with Crippen LogP contribution >= 0.6 is 0 Å². The number of hydrogen-bond donors (Lipinski definition) is 1. The van der Waals surface area contributed by atoms with Gasteiger partial charge < -0.3 is 10.1 Å². The van der Waals surface area contributed by atoms with Gasteiger partial charge in [-0.15, -0.1) is 0 Å². The minimum absolute atomic E-state index is 0.189. The Hall–Kier alpha value is -0.340. The Morgan fingerprint density at radius 3 is 2.53 bits per heavy atom. The molecule has 8 heteroatoms. The Labute approximate surface area is 98.4 Å². The maximum absolute atomic E-state index is 11.8. The molecular weight excluding hydrogens is 259 g/mol. The fourth-order valence-electron chi connectivity index (χ4n) is 1.78. The van der Waals surface area contributed by atoms with E-state index < -0.39 is 27.8 Å². The molecule has 2 unspecified atom stereocenters. The van der Waals surface area contributed by atoms with E-state index in [1.807, 2.05) is 0 Å². The quantitative estimate of drug-likeness (QED) is 0.752. The highest BCUT2D eigenvalue weighted by Gasteiger charge is 2.35. The first kappa shape index (κ1) is 14.7. The number of ether oxygens (including phenoxy) is 1. The number of alkyl halides is 3. The van der Waals surface area contributed by atoms with E-state index in [-0.39, 0.29) is 18.4 Å². The molecular formula is C9H16F3NO3S. The number of sulfone groups is 1.